The summed E-state index contributed by atoms with van der Waals surface area (Å²) in [5, 5.41) is 5.77. The lowest BCUT2D eigenvalue weighted by Gasteiger charge is -2.13. The zero-order valence-corrected chi connectivity index (χ0v) is 15.9. The van der Waals surface area contributed by atoms with Crippen molar-refractivity contribution in [3.8, 4) is 0 Å². The van der Waals surface area contributed by atoms with Crippen LogP contribution in [0.5, 0.6) is 0 Å². The fourth-order valence-corrected chi connectivity index (χ4v) is 1.90. The van der Waals surface area contributed by atoms with E-state index in [9.17, 15) is 4.79 Å². The van der Waals surface area contributed by atoms with Gasteiger partial charge in [0.1, 0.15) is 0 Å². The molecule has 22 heavy (non-hydrogen) atoms. The van der Waals surface area contributed by atoms with E-state index in [0.717, 1.165) is 4.47 Å². The average molecular weight is 438 g/mol. The lowest BCUT2D eigenvalue weighted by molar-refractivity contribution is 0.0955. The number of carbonyl (C=O) groups excluding carboxylic acids is 1. The van der Waals surface area contributed by atoms with E-state index < -0.39 is 0 Å². The van der Waals surface area contributed by atoms with Gasteiger partial charge in [-0.25, -0.2) is 0 Å². The molecule has 0 aromatic heterocycles. The number of benzene rings is 1. The zero-order valence-electron chi connectivity index (χ0n) is 12.6. The molecule has 124 valence electrons. The Kier molecular flexibility index (Phi) is 10.9. The van der Waals surface area contributed by atoms with Crippen LogP contribution in [0.2, 0.25) is 0 Å². The van der Waals surface area contributed by atoms with Crippen molar-refractivity contribution in [2.45, 2.75) is 13.0 Å². The number of carbonyl (C=O) groups is 1. The van der Waals surface area contributed by atoms with Crippen LogP contribution in [0.25, 0.3) is 0 Å². The summed E-state index contributed by atoms with van der Waals surface area (Å²) < 4.78 is 5.92. The molecule has 0 aliphatic rings. The van der Waals surface area contributed by atoms with Crippen LogP contribution < -0.4 is 16.4 Å². The lowest BCUT2D eigenvalue weighted by Crippen LogP contribution is -2.41. The van der Waals surface area contributed by atoms with E-state index in [-0.39, 0.29) is 28.9 Å². The molecule has 1 rings (SSSR count). The van der Waals surface area contributed by atoms with Crippen LogP contribution in [0.3, 0.4) is 0 Å². The fourth-order valence-electron chi connectivity index (χ4n) is 1.64. The number of aliphatic imine (C=N–C) groups is 1. The van der Waals surface area contributed by atoms with Crippen molar-refractivity contribution >= 4 is 44.8 Å². The second kappa shape index (κ2) is 11.4. The maximum atomic E-state index is 11.8. The maximum Gasteiger partial charge on any atom is 0.251 e. The normalized spacial score (nSPS) is 12.2. The number of methoxy groups -OCH3 is 1. The molecule has 8 heteroatoms. The number of halogens is 2. The van der Waals surface area contributed by atoms with Crippen LogP contribution in [0, 0.1) is 0 Å². The predicted octanol–water partition coefficient (Wildman–Crippen LogP) is 1.70. The molecule has 0 saturated heterocycles. The first-order valence-corrected chi connectivity index (χ1v) is 7.41. The van der Waals surface area contributed by atoms with Crippen molar-refractivity contribution in [2.75, 3.05) is 26.8 Å². The second-order valence-electron chi connectivity index (χ2n) is 4.53. The monoisotopic (exact) mass is 436 g/mol. The van der Waals surface area contributed by atoms with E-state index in [1.807, 2.05) is 19.1 Å². The van der Waals surface area contributed by atoms with Gasteiger partial charge in [0.25, 0.3) is 5.91 Å². The minimum atomic E-state index is -0.128. The van der Waals surface area contributed by atoms with Crippen LogP contribution in [0.1, 0.15) is 17.3 Å². The molecule has 1 amide bonds. The van der Waals surface area contributed by atoms with E-state index in [1.165, 1.54) is 0 Å². The molecule has 1 aromatic rings. The van der Waals surface area contributed by atoms with Crippen molar-refractivity contribution in [3.05, 3.63) is 34.3 Å². The smallest absolute Gasteiger partial charge is 0.251 e. The van der Waals surface area contributed by atoms with Crippen molar-refractivity contribution < 1.29 is 9.53 Å². The molecular weight excluding hydrogens is 416 g/mol. The molecule has 0 aliphatic heterocycles. The number of guanidine groups is 1. The Labute approximate surface area is 149 Å². The van der Waals surface area contributed by atoms with E-state index in [0.29, 0.717) is 31.2 Å². The fraction of sp³-hybridized carbons (Fsp3) is 0.429. The maximum absolute atomic E-state index is 11.8. The van der Waals surface area contributed by atoms with Gasteiger partial charge >= 0.3 is 0 Å². The molecule has 0 bridgehead atoms. The van der Waals surface area contributed by atoms with Crippen LogP contribution in [-0.4, -0.2) is 44.7 Å². The number of rotatable bonds is 7. The Morgan fingerprint density at radius 1 is 1.41 bits per heavy atom. The Balaban J connectivity index is 0.00000441. The van der Waals surface area contributed by atoms with Gasteiger partial charge in [-0.15, -0.1) is 17.0 Å². The number of nitrogens with two attached hydrogens (primary N) is 1. The van der Waals surface area contributed by atoms with E-state index in [1.54, 1.807) is 19.2 Å². The minimum absolute atomic E-state index is 0. The molecular formula is C14H22Br2N4O2. The predicted molar refractivity (Wildman–Crippen MR) is 97.8 cm³/mol. The standard InChI is InChI=1S/C14H21BrN4O2.BrH/c1-10(9-21-2)19-14(16)18-8-7-17-13(20)11-3-5-12(15)6-4-11;/h3-6,10H,7-9H2,1-2H3,(H,17,20)(H3,16,18,19);1H. The highest BCUT2D eigenvalue weighted by molar-refractivity contribution is 9.10. The minimum Gasteiger partial charge on any atom is -0.383 e. The third-order valence-electron chi connectivity index (χ3n) is 2.60. The van der Waals surface area contributed by atoms with Gasteiger partial charge in [-0.05, 0) is 31.2 Å². The molecule has 0 radical (unpaired) electrons. The van der Waals surface area contributed by atoms with Gasteiger partial charge in [-0.3, -0.25) is 9.79 Å². The molecule has 0 fully saturated rings. The van der Waals surface area contributed by atoms with Gasteiger partial charge in [-0.1, -0.05) is 15.9 Å². The van der Waals surface area contributed by atoms with Crippen LogP contribution in [0.4, 0.5) is 0 Å². The van der Waals surface area contributed by atoms with E-state index in [4.69, 9.17) is 10.5 Å². The summed E-state index contributed by atoms with van der Waals surface area (Å²) in [6, 6.07) is 7.25. The molecule has 1 atom stereocenters. The van der Waals surface area contributed by atoms with Crippen molar-refractivity contribution in [1.82, 2.24) is 10.6 Å². The highest BCUT2D eigenvalue weighted by Gasteiger charge is 2.04. The quantitative estimate of drug-likeness (QED) is 0.344. The summed E-state index contributed by atoms with van der Waals surface area (Å²) in [5.41, 5.74) is 6.33. The van der Waals surface area contributed by atoms with Gasteiger partial charge < -0.3 is 21.1 Å². The third-order valence-corrected chi connectivity index (χ3v) is 3.13. The Morgan fingerprint density at radius 2 is 2.05 bits per heavy atom. The summed E-state index contributed by atoms with van der Waals surface area (Å²) in [4.78, 5) is 16.0. The van der Waals surface area contributed by atoms with Gasteiger partial charge in [0, 0.05) is 29.7 Å². The van der Waals surface area contributed by atoms with Gasteiger partial charge in [-0.2, -0.15) is 0 Å². The van der Waals surface area contributed by atoms with Gasteiger partial charge in [0.15, 0.2) is 5.96 Å². The van der Waals surface area contributed by atoms with E-state index in [2.05, 4.69) is 31.6 Å². The van der Waals surface area contributed by atoms with Crippen LogP contribution in [-0.2, 0) is 4.74 Å². The summed E-state index contributed by atoms with van der Waals surface area (Å²) in [7, 11) is 1.63. The van der Waals surface area contributed by atoms with Gasteiger partial charge in [0.05, 0.1) is 13.2 Å². The molecule has 1 aromatic carbocycles. The molecule has 0 saturated carbocycles. The molecule has 0 spiro atoms. The first kappa shape index (κ1) is 20.9. The second-order valence-corrected chi connectivity index (χ2v) is 5.45. The Hall–Kier alpha value is -1.12. The highest BCUT2D eigenvalue weighted by atomic mass is 79.9. The number of ether oxygens (including phenoxy) is 1. The van der Waals surface area contributed by atoms with Crippen LogP contribution >= 0.6 is 32.9 Å². The first-order chi connectivity index (χ1) is 10.0. The van der Waals surface area contributed by atoms with Gasteiger partial charge in [0.2, 0.25) is 0 Å². The summed E-state index contributed by atoms with van der Waals surface area (Å²) in [5.74, 6) is 0.217. The topological polar surface area (TPSA) is 88.7 Å². The lowest BCUT2D eigenvalue weighted by atomic mass is 10.2. The Bertz CT molecular complexity index is 480. The SMILES string of the molecule is Br.COCC(C)NC(N)=NCCNC(=O)c1ccc(Br)cc1. The van der Waals surface area contributed by atoms with Crippen LogP contribution in [0.15, 0.2) is 33.7 Å². The molecule has 1 unspecified atom stereocenters. The molecule has 0 aliphatic carbocycles. The van der Waals surface area contributed by atoms with Crippen molar-refractivity contribution in [2.24, 2.45) is 10.7 Å². The highest BCUT2D eigenvalue weighted by Crippen LogP contribution is 2.10. The number of nitrogens with zero attached hydrogens (tertiary/aromatic N) is 1. The Morgan fingerprint density at radius 3 is 2.64 bits per heavy atom. The van der Waals surface area contributed by atoms with Crippen molar-refractivity contribution in [1.29, 1.82) is 0 Å². The average Bonchev–Trinajstić information content (AvgIpc) is 2.44. The molecule has 4 N–H and O–H groups in total. The number of amides is 1. The number of hydrogen-bond acceptors (Lipinski definition) is 3. The summed E-state index contributed by atoms with van der Waals surface area (Å²) >= 11 is 3.33. The first-order valence-electron chi connectivity index (χ1n) is 6.62. The largest absolute Gasteiger partial charge is 0.383 e. The number of hydrogen-bond donors (Lipinski definition) is 3. The molecule has 6 nitrogen and oxygen atoms in total. The summed E-state index contributed by atoms with van der Waals surface area (Å²) in [6.07, 6.45) is 0. The third kappa shape index (κ3) is 8.35. The molecule has 0 heterocycles. The zero-order chi connectivity index (χ0) is 15.7. The van der Waals surface area contributed by atoms with Crippen molar-refractivity contribution in [3.63, 3.8) is 0 Å². The summed E-state index contributed by atoms with van der Waals surface area (Å²) in [6.45, 7) is 3.34. The number of nitrogens with one attached hydrogen (secondary N) is 2. The van der Waals surface area contributed by atoms with E-state index >= 15 is 0 Å².